The van der Waals surface area contributed by atoms with Gasteiger partial charge in [-0.3, -0.25) is 4.79 Å². The fourth-order valence-corrected chi connectivity index (χ4v) is 3.85. The van der Waals surface area contributed by atoms with Crippen molar-refractivity contribution >= 4 is 62.5 Å². The molecule has 0 radical (unpaired) electrons. The van der Waals surface area contributed by atoms with Gasteiger partial charge in [0.2, 0.25) is 11.1 Å². The van der Waals surface area contributed by atoms with Gasteiger partial charge in [0.15, 0.2) is 11.6 Å². The molecule has 146 valence electrons. The van der Waals surface area contributed by atoms with Crippen LogP contribution in [0.15, 0.2) is 40.0 Å². The zero-order valence-electron chi connectivity index (χ0n) is 13.7. The minimum absolute atomic E-state index is 0.0880. The Kier molecular flexibility index (Phi) is 6.43. The average molecular weight is 509 g/mol. The molecule has 3 rings (SSSR count). The third kappa shape index (κ3) is 4.57. The van der Waals surface area contributed by atoms with Crippen LogP contribution in [0.1, 0.15) is 0 Å². The maximum atomic E-state index is 13.8. The van der Waals surface area contributed by atoms with Gasteiger partial charge in [0, 0.05) is 21.1 Å². The van der Waals surface area contributed by atoms with E-state index in [1.165, 1.54) is 4.68 Å². The number of anilines is 1. The quantitative estimate of drug-likeness (QED) is 0.384. The van der Waals surface area contributed by atoms with Gasteiger partial charge in [-0.25, -0.2) is 13.5 Å². The second-order valence-electron chi connectivity index (χ2n) is 5.38. The number of thioether (sulfide) groups is 1. The third-order valence-corrected chi connectivity index (χ3v) is 5.56. The first-order valence-electron chi connectivity index (χ1n) is 7.49. The lowest BCUT2D eigenvalue weighted by molar-refractivity contribution is -0.113. The molecule has 0 aliphatic carbocycles. The maximum Gasteiger partial charge on any atom is 0.234 e. The standard InChI is InChI=1S/C16H10BrCl2F2N5OS/c17-10-4-8(20)5-12(21)14(10)23-13(27)6-28-16-25-24-15(26(16)22)9-2-1-7(18)3-11(9)19/h1-5H,6,22H2,(H,23,27). The van der Waals surface area contributed by atoms with Crippen molar-refractivity contribution in [3.63, 3.8) is 0 Å². The van der Waals surface area contributed by atoms with Crippen LogP contribution in [0.3, 0.4) is 0 Å². The molecule has 0 atom stereocenters. The topological polar surface area (TPSA) is 85.8 Å². The summed E-state index contributed by atoms with van der Waals surface area (Å²) in [5, 5.41) is 11.3. The summed E-state index contributed by atoms with van der Waals surface area (Å²) in [5.74, 6) is 3.95. The molecule has 2 aromatic carbocycles. The second kappa shape index (κ2) is 8.64. The fraction of sp³-hybridized carbons (Fsp3) is 0.0625. The molecule has 1 heterocycles. The molecule has 1 amide bonds. The Morgan fingerprint density at radius 1 is 1.25 bits per heavy atom. The highest BCUT2D eigenvalue weighted by Gasteiger charge is 2.17. The summed E-state index contributed by atoms with van der Waals surface area (Å²) < 4.78 is 28.2. The number of aromatic nitrogens is 3. The van der Waals surface area contributed by atoms with Gasteiger partial charge in [-0.1, -0.05) is 35.0 Å². The normalized spacial score (nSPS) is 10.9. The van der Waals surface area contributed by atoms with Crippen LogP contribution < -0.4 is 11.2 Å². The molecule has 28 heavy (non-hydrogen) atoms. The van der Waals surface area contributed by atoms with Crippen LogP contribution >= 0.6 is 50.9 Å². The van der Waals surface area contributed by atoms with Crippen molar-refractivity contribution in [3.8, 4) is 11.4 Å². The lowest BCUT2D eigenvalue weighted by Crippen LogP contribution is -2.17. The molecule has 3 N–H and O–H groups in total. The third-order valence-electron chi connectivity index (χ3n) is 3.44. The molecular formula is C16H10BrCl2F2N5OS. The number of benzene rings is 2. The first-order chi connectivity index (χ1) is 13.3. The SMILES string of the molecule is Nn1c(SCC(=O)Nc2c(F)cc(F)cc2Br)nnc1-c1ccc(Cl)cc1Cl. The van der Waals surface area contributed by atoms with Crippen molar-refractivity contribution in [3.05, 3.63) is 56.5 Å². The smallest absolute Gasteiger partial charge is 0.234 e. The summed E-state index contributed by atoms with van der Waals surface area (Å²) in [6.07, 6.45) is 0. The molecule has 0 aliphatic heterocycles. The molecule has 12 heteroatoms. The fourth-order valence-electron chi connectivity index (χ4n) is 2.20. The Bertz CT molecular complexity index is 1040. The minimum atomic E-state index is -0.896. The molecule has 0 unspecified atom stereocenters. The molecule has 1 aromatic heterocycles. The number of carbonyl (C=O) groups is 1. The Labute approximate surface area is 180 Å². The van der Waals surface area contributed by atoms with Gasteiger partial charge in [-0.15, -0.1) is 10.2 Å². The van der Waals surface area contributed by atoms with Crippen LogP contribution in [-0.2, 0) is 4.79 Å². The number of amides is 1. The summed E-state index contributed by atoms with van der Waals surface area (Å²) in [5.41, 5.74) is 0.365. The lowest BCUT2D eigenvalue weighted by atomic mass is 10.2. The van der Waals surface area contributed by atoms with E-state index in [0.29, 0.717) is 21.7 Å². The van der Waals surface area contributed by atoms with E-state index in [4.69, 9.17) is 29.0 Å². The van der Waals surface area contributed by atoms with Crippen molar-refractivity contribution in [2.45, 2.75) is 5.16 Å². The van der Waals surface area contributed by atoms with Crippen LogP contribution in [0, 0.1) is 11.6 Å². The van der Waals surface area contributed by atoms with Crippen LogP contribution in [0.5, 0.6) is 0 Å². The van der Waals surface area contributed by atoms with E-state index in [1.54, 1.807) is 18.2 Å². The van der Waals surface area contributed by atoms with E-state index in [1.807, 2.05) is 0 Å². The van der Waals surface area contributed by atoms with Crippen LogP contribution in [0.2, 0.25) is 10.0 Å². The molecule has 0 saturated heterocycles. The predicted molar refractivity (Wildman–Crippen MR) is 109 cm³/mol. The minimum Gasteiger partial charge on any atom is -0.335 e. The molecule has 0 saturated carbocycles. The maximum absolute atomic E-state index is 13.8. The molecule has 0 bridgehead atoms. The first-order valence-corrected chi connectivity index (χ1v) is 10.0. The van der Waals surface area contributed by atoms with Crippen molar-refractivity contribution in [1.82, 2.24) is 14.9 Å². The van der Waals surface area contributed by atoms with Crippen molar-refractivity contribution < 1.29 is 13.6 Å². The van der Waals surface area contributed by atoms with E-state index in [-0.39, 0.29) is 26.9 Å². The summed E-state index contributed by atoms with van der Waals surface area (Å²) in [6, 6.07) is 6.54. The average Bonchev–Trinajstić information content (AvgIpc) is 2.97. The monoisotopic (exact) mass is 507 g/mol. The van der Waals surface area contributed by atoms with Crippen LogP contribution in [-0.4, -0.2) is 26.5 Å². The van der Waals surface area contributed by atoms with Crippen LogP contribution in [0.4, 0.5) is 14.5 Å². The molecule has 0 fully saturated rings. The predicted octanol–water partition coefficient (Wildman–Crippen LogP) is 4.74. The number of nitrogens with one attached hydrogen (secondary N) is 1. The second-order valence-corrected chi connectivity index (χ2v) is 8.02. The van der Waals surface area contributed by atoms with Gasteiger partial charge in [-0.2, -0.15) is 0 Å². The highest BCUT2D eigenvalue weighted by Crippen LogP contribution is 2.30. The largest absolute Gasteiger partial charge is 0.335 e. The Hall–Kier alpha value is -1.88. The summed E-state index contributed by atoms with van der Waals surface area (Å²) in [4.78, 5) is 12.1. The van der Waals surface area contributed by atoms with Gasteiger partial charge in [0.05, 0.1) is 16.5 Å². The van der Waals surface area contributed by atoms with Crippen molar-refractivity contribution in [2.75, 3.05) is 16.9 Å². The number of carbonyl (C=O) groups excluding carboxylic acids is 1. The van der Waals surface area contributed by atoms with Crippen LogP contribution in [0.25, 0.3) is 11.4 Å². The number of halogens is 5. The van der Waals surface area contributed by atoms with Gasteiger partial charge in [0.25, 0.3) is 0 Å². The first kappa shape index (κ1) is 20.8. The van der Waals surface area contributed by atoms with Gasteiger partial charge in [-0.05, 0) is 40.2 Å². The summed E-state index contributed by atoms with van der Waals surface area (Å²) in [7, 11) is 0. The lowest BCUT2D eigenvalue weighted by Gasteiger charge is -2.09. The van der Waals surface area contributed by atoms with E-state index < -0.39 is 17.5 Å². The van der Waals surface area contributed by atoms with Crippen molar-refractivity contribution in [1.29, 1.82) is 0 Å². The number of rotatable bonds is 5. The number of hydrogen-bond donors (Lipinski definition) is 2. The highest BCUT2D eigenvalue weighted by molar-refractivity contribution is 9.10. The van der Waals surface area contributed by atoms with Crippen molar-refractivity contribution in [2.24, 2.45) is 0 Å². The number of nitrogens with zero attached hydrogens (tertiary/aromatic N) is 3. The zero-order valence-corrected chi connectivity index (χ0v) is 17.6. The molecule has 6 nitrogen and oxygen atoms in total. The summed E-state index contributed by atoms with van der Waals surface area (Å²) in [6.45, 7) is 0. The number of nitrogens with two attached hydrogens (primary N) is 1. The zero-order chi connectivity index (χ0) is 20.4. The Morgan fingerprint density at radius 2 is 2.00 bits per heavy atom. The van der Waals surface area contributed by atoms with E-state index >= 15 is 0 Å². The molecule has 3 aromatic rings. The van der Waals surface area contributed by atoms with E-state index in [9.17, 15) is 13.6 Å². The number of nitrogen functional groups attached to an aromatic ring is 1. The van der Waals surface area contributed by atoms with Gasteiger partial charge in [0.1, 0.15) is 5.82 Å². The molecule has 0 spiro atoms. The van der Waals surface area contributed by atoms with Gasteiger partial charge >= 0.3 is 0 Å². The number of hydrogen-bond acceptors (Lipinski definition) is 5. The summed E-state index contributed by atoms with van der Waals surface area (Å²) >= 11 is 16.0. The van der Waals surface area contributed by atoms with Gasteiger partial charge < -0.3 is 11.2 Å². The molecule has 0 aliphatic rings. The van der Waals surface area contributed by atoms with E-state index in [2.05, 4.69) is 31.4 Å². The highest BCUT2D eigenvalue weighted by atomic mass is 79.9. The Morgan fingerprint density at radius 3 is 2.68 bits per heavy atom. The Balaban J connectivity index is 1.70. The molecular weight excluding hydrogens is 499 g/mol. The van der Waals surface area contributed by atoms with E-state index in [0.717, 1.165) is 17.8 Å².